The molecule has 0 fully saturated rings. The van der Waals surface area contributed by atoms with Crippen molar-refractivity contribution in [3.05, 3.63) is 47.5 Å². The van der Waals surface area contributed by atoms with Crippen molar-refractivity contribution in [3.8, 4) is 0 Å². The first-order valence-electron chi connectivity index (χ1n) is 3.90. The molecule has 1 aliphatic heterocycles. The first-order valence-corrected chi connectivity index (χ1v) is 5.17. The van der Waals surface area contributed by atoms with Gasteiger partial charge in [-0.2, -0.15) is 0 Å². The number of benzene rings is 1. The van der Waals surface area contributed by atoms with Gasteiger partial charge in [-0.05, 0) is 6.92 Å². The summed E-state index contributed by atoms with van der Waals surface area (Å²) in [5.74, 6) is 0. The number of hydrogen-bond donors (Lipinski definition) is 0. The Labute approximate surface area is 80.5 Å². The van der Waals surface area contributed by atoms with Crippen LogP contribution in [0.1, 0.15) is 5.56 Å². The molecular formula is C10H11NOS. The fourth-order valence-corrected chi connectivity index (χ4v) is 1.21. The minimum Gasteiger partial charge on any atom is -0.254 e. The molecule has 68 valence electrons. The lowest BCUT2D eigenvalue weighted by molar-refractivity contribution is 0.695. The van der Waals surface area contributed by atoms with Crippen molar-refractivity contribution in [1.29, 1.82) is 0 Å². The Morgan fingerprint density at radius 1 is 1.23 bits per heavy atom. The predicted octanol–water partition coefficient (Wildman–Crippen LogP) is 2.24. The maximum atomic E-state index is 10.1. The van der Waals surface area contributed by atoms with E-state index in [0.717, 1.165) is 0 Å². The third kappa shape index (κ3) is 4.38. The molecule has 1 heterocycles. The fraction of sp³-hybridized carbons (Fsp3) is 0.100. The van der Waals surface area contributed by atoms with Crippen LogP contribution in [0, 0.1) is 6.92 Å². The first-order chi connectivity index (χ1) is 6.29. The Bertz CT molecular complexity index is 316. The van der Waals surface area contributed by atoms with Crippen LogP contribution in [0.4, 0.5) is 0 Å². The highest BCUT2D eigenvalue weighted by Gasteiger charge is 1.87. The molecule has 3 heteroatoms. The van der Waals surface area contributed by atoms with E-state index in [9.17, 15) is 4.21 Å². The molecule has 1 aromatic rings. The van der Waals surface area contributed by atoms with Gasteiger partial charge >= 0.3 is 0 Å². The molecule has 2 rings (SSSR count). The van der Waals surface area contributed by atoms with Crippen LogP contribution < -0.4 is 0 Å². The summed E-state index contributed by atoms with van der Waals surface area (Å²) >= 11 is 0. The van der Waals surface area contributed by atoms with Crippen LogP contribution in [0.2, 0.25) is 0 Å². The molecule has 0 radical (unpaired) electrons. The summed E-state index contributed by atoms with van der Waals surface area (Å²) in [4.78, 5) is 3.56. The molecule has 1 atom stereocenters. The summed E-state index contributed by atoms with van der Waals surface area (Å²) in [7, 11) is -0.895. The molecule has 2 nitrogen and oxygen atoms in total. The van der Waals surface area contributed by atoms with Crippen molar-refractivity contribution in [3.63, 3.8) is 0 Å². The zero-order chi connectivity index (χ0) is 9.52. The minimum absolute atomic E-state index is 0.895. The van der Waals surface area contributed by atoms with E-state index < -0.39 is 10.8 Å². The molecule has 0 saturated heterocycles. The van der Waals surface area contributed by atoms with E-state index in [2.05, 4.69) is 24.0 Å². The van der Waals surface area contributed by atoms with Crippen LogP contribution in [-0.2, 0) is 10.8 Å². The topological polar surface area (TPSA) is 29.4 Å². The van der Waals surface area contributed by atoms with Gasteiger partial charge in [-0.25, -0.2) is 4.21 Å². The van der Waals surface area contributed by atoms with Crippen molar-refractivity contribution in [2.75, 3.05) is 0 Å². The van der Waals surface area contributed by atoms with Crippen LogP contribution in [0.25, 0.3) is 0 Å². The van der Waals surface area contributed by atoms with Crippen LogP contribution in [0.5, 0.6) is 0 Å². The molecule has 0 amide bonds. The molecule has 0 spiro atoms. The lowest BCUT2D eigenvalue weighted by Gasteiger charge is -1.82. The van der Waals surface area contributed by atoms with E-state index in [1.54, 1.807) is 0 Å². The standard InChI is InChI=1S/C7H8.C3H3NOS/c1-7-5-3-2-4-6-7;5-6-2-1-4-3-6/h2-6H,1H3;1-3H. The van der Waals surface area contributed by atoms with Gasteiger partial charge in [-0.15, -0.1) is 0 Å². The molecule has 1 aliphatic rings. The maximum Gasteiger partial charge on any atom is 0.0952 e. The Kier molecular flexibility index (Phi) is 4.12. The highest BCUT2D eigenvalue weighted by Crippen LogP contribution is 1.92. The number of hydrogen-bond acceptors (Lipinski definition) is 2. The van der Waals surface area contributed by atoms with Crippen molar-refractivity contribution in [2.45, 2.75) is 6.92 Å². The quantitative estimate of drug-likeness (QED) is 0.621. The SMILES string of the molecule is Cc1ccccc1.O=S1C=CN=C1. The van der Waals surface area contributed by atoms with Gasteiger partial charge in [0.2, 0.25) is 0 Å². The number of aliphatic imine (C=N–C) groups is 1. The lowest BCUT2D eigenvalue weighted by Crippen LogP contribution is -1.73. The van der Waals surface area contributed by atoms with Crippen LogP contribution in [0.15, 0.2) is 46.9 Å². The van der Waals surface area contributed by atoms with Gasteiger partial charge in [0.15, 0.2) is 0 Å². The van der Waals surface area contributed by atoms with Gasteiger partial charge in [-0.3, -0.25) is 4.99 Å². The van der Waals surface area contributed by atoms with Crippen LogP contribution in [-0.4, -0.2) is 9.76 Å². The summed E-state index contributed by atoms with van der Waals surface area (Å²) in [5.41, 5.74) is 2.71. The Balaban J connectivity index is 0.000000132. The largest absolute Gasteiger partial charge is 0.254 e. The van der Waals surface area contributed by atoms with Gasteiger partial charge in [0.25, 0.3) is 0 Å². The van der Waals surface area contributed by atoms with Crippen LogP contribution in [0.3, 0.4) is 0 Å². The van der Waals surface area contributed by atoms with E-state index in [4.69, 9.17) is 0 Å². The van der Waals surface area contributed by atoms with Crippen LogP contribution >= 0.6 is 0 Å². The highest BCUT2D eigenvalue weighted by molar-refractivity contribution is 8.01. The first kappa shape index (κ1) is 9.86. The second kappa shape index (κ2) is 5.43. The lowest BCUT2D eigenvalue weighted by atomic mass is 10.2. The smallest absolute Gasteiger partial charge is 0.0952 e. The highest BCUT2D eigenvalue weighted by atomic mass is 32.2. The molecule has 0 aromatic heterocycles. The molecule has 1 unspecified atom stereocenters. The molecular weight excluding hydrogens is 182 g/mol. The zero-order valence-electron chi connectivity index (χ0n) is 7.38. The second-order valence-corrected chi connectivity index (χ2v) is 3.66. The molecule has 0 N–H and O–H groups in total. The Hall–Kier alpha value is -1.22. The Morgan fingerprint density at radius 3 is 2.15 bits per heavy atom. The molecule has 0 aliphatic carbocycles. The van der Waals surface area contributed by atoms with Gasteiger partial charge in [0, 0.05) is 11.6 Å². The van der Waals surface area contributed by atoms with Gasteiger partial charge in [0.05, 0.1) is 16.3 Å². The Morgan fingerprint density at radius 2 is 1.92 bits per heavy atom. The van der Waals surface area contributed by atoms with E-state index >= 15 is 0 Å². The summed E-state index contributed by atoms with van der Waals surface area (Å²) in [6.07, 6.45) is 1.52. The van der Waals surface area contributed by atoms with Crippen molar-refractivity contribution < 1.29 is 4.21 Å². The molecule has 0 bridgehead atoms. The fourth-order valence-electron chi connectivity index (χ4n) is 0.760. The van der Waals surface area contributed by atoms with Gasteiger partial charge in [-0.1, -0.05) is 35.9 Å². The third-order valence-electron chi connectivity index (χ3n) is 1.39. The number of rotatable bonds is 0. The zero-order valence-corrected chi connectivity index (χ0v) is 8.20. The monoisotopic (exact) mass is 193 g/mol. The normalized spacial score (nSPS) is 18.1. The second-order valence-electron chi connectivity index (χ2n) is 2.52. The minimum atomic E-state index is -0.895. The molecule has 1 aromatic carbocycles. The number of nitrogens with zero attached hydrogens (tertiary/aromatic N) is 1. The molecule has 13 heavy (non-hydrogen) atoms. The average Bonchev–Trinajstić information content (AvgIpc) is 2.58. The molecule has 0 saturated carbocycles. The van der Waals surface area contributed by atoms with E-state index in [1.807, 2.05) is 18.2 Å². The van der Waals surface area contributed by atoms with E-state index in [0.29, 0.717) is 0 Å². The summed E-state index contributed by atoms with van der Waals surface area (Å²) < 4.78 is 10.1. The third-order valence-corrected chi connectivity index (χ3v) is 2.11. The maximum absolute atomic E-state index is 10.1. The van der Waals surface area contributed by atoms with Crippen molar-refractivity contribution in [1.82, 2.24) is 0 Å². The summed E-state index contributed by atoms with van der Waals surface area (Å²) in [5, 5.41) is 1.53. The van der Waals surface area contributed by atoms with Crippen molar-refractivity contribution in [2.24, 2.45) is 4.99 Å². The van der Waals surface area contributed by atoms with E-state index in [-0.39, 0.29) is 0 Å². The van der Waals surface area contributed by atoms with E-state index in [1.165, 1.54) is 22.7 Å². The summed E-state index contributed by atoms with van der Waals surface area (Å²) in [6, 6.07) is 10.3. The average molecular weight is 193 g/mol. The predicted molar refractivity (Wildman–Crippen MR) is 57.0 cm³/mol. The number of aryl methyl sites for hydroxylation is 1. The van der Waals surface area contributed by atoms with Gasteiger partial charge < -0.3 is 0 Å². The van der Waals surface area contributed by atoms with Gasteiger partial charge in [0.1, 0.15) is 0 Å². The van der Waals surface area contributed by atoms with Crippen molar-refractivity contribution >= 4 is 16.3 Å². The summed E-state index contributed by atoms with van der Waals surface area (Å²) in [6.45, 7) is 2.08.